The Balaban J connectivity index is 1.50. The molecule has 1 fully saturated rings. The van der Waals surface area contributed by atoms with E-state index in [2.05, 4.69) is 50.3 Å². The number of hydrogen-bond acceptors (Lipinski definition) is 2. The Hall–Kier alpha value is -1.28. The molecule has 0 radical (unpaired) electrons. The van der Waals surface area contributed by atoms with Crippen molar-refractivity contribution in [2.24, 2.45) is 0 Å². The molecular weight excluding hydrogens is 320 g/mol. The van der Waals surface area contributed by atoms with E-state index in [1.807, 2.05) is 0 Å². The smallest absolute Gasteiger partial charge is 0.123 e. The molecule has 1 saturated heterocycles. The number of unbranched alkanes of at least 4 members (excludes halogenated alkanes) is 8. The SMILES string of the molecule is CCCCC/C=C/CCCCCCCc1ccccc1OCC1(C)CO1. The number of para-hydroxylation sites is 1. The van der Waals surface area contributed by atoms with Crippen molar-refractivity contribution in [1.29, 1.82) is 0 Å². The van der Waals surface area contributed by atoms with Crippen LogP contribution < -0.4 is 4.74 Å². The Labute approximate surface area is 161 Å². The van der Waals surface area contributed by atoms with E-state index < -0.39 is 0 Å². The second-order valence-corrected chi connectivity index (χ2v) is 7.91. The Kier molecular flexibility index (Phi) is 9.84. The van der Waals surface area contributed by atoms with Crippen molar-refractivity contribution >= 4 is 0 Å². The number of rotatable bonds is 15. The molecule has 0 aromatic heterocycles. The first-order valence-electron chi connectivity index (χ1n) is 10.7. The van der Waals surface area contributed by atoms with Crippen LogP contribution in [0.25, 0.3) is 0 Å². The number of ether oxygens (including phenoxy) is 2. The lowest BCUT2D eigenvalue weighted by Gasteiger charge is -2.13. The first kappa shape index (κ1) is 21.0. The van der Waals surface area contributed by atoms with E-state index in [9.17, 15) is 0 Å². The number of benzene rings is 1. The molecule has 1 atom stereocenters. The maximum absolute atomic E-state index is 5.99. The highest BCUT2D eigenvalue weighted by Crippen LogP contribution is 2.28. The van der Waals surface area contributed by atoms with E-state index >= 15 is 0 Å². The van der Waals surface area contributed by atoms with Crippen LogP contribution in [-0.4, -0.2) is 18.8 Å². The second-order valence-electron chi connectivity index (χ2n) is 7.91. The molecule has 1 aromatic carbocycles. The van der Waals surface area contributed by atoms with E-state index in [1.165, 1.54) is 69.8 Å². The van der Waals surface area contributed by atoms with Gasteiger partial charge >= 0.3 is 0 Å². The van der Waals surface area contributed by atoms with Crippen LogP contribution in [0.15, 0.2) is 36.4 Å². The van der Waals surface area contributed by atoms with Crippen LogP contribution in [0.4, 0.5) is 0 Å². The quantitative estimate of drug-likeness (QED) is 0.194. The zero-order chi connectivity index (χ0) is 18.5. The molecule has 1 aliphatic rings. The zero-order valence-electron chi connectivity index (χ0n) is 17.0. The lowest BCUT2D eigenvalue weighted by Crippen LogP contribution is -2.17. The van der Waals surface area contributed by atoms with Crippen LogP contribution in [0.5, 0.6) is 5.75 Å². The fraction of sp³-hybridized carbons (Fsp3) is 0.667. The summed E-state index contributed by atoms with van der Waals surface area (Å²) >= 11 is 0. The second kappa shape index (κ2) is 12.2. The summed E-state index contributed by atoms with van der Waals surface area (Å²) in [6, 6.07) is 8.47. The van der Waals surface area contributed by atoms with Gasteiger partial charge in [-0.15, -0.1) is 0 Å². The molecular formula is C24H38O2. The van der Waals surface area contributed by atoms with Gasteiger partial charge in [-0.3, -0.25) is 0 Å². The van der Waals surface area contributed by atoms with E-state index in [4.69, 9.17) is 9.47 Å². The number of hydrogen-bond donors (Lipinski definition) is 0. The summed E-state index contributed by atoms with van der Waals surface area (Å²) < 4.78 is 11.4. The lowest BCUT2D eigenvalue weighted by molar-refractivity contribution is 0.201. The van der Waals surface area contributed by atoms with Gasteiger partial charge in [0.15, 0.2) is 0 Å². The van der Waals surface area contributed by atoms with Gasteiger partial charge in [0.2, 0.25) is 0 Å². The van der Waals surface area contributed by atoms with Crippen molar-refractivity contribution in [2.75, 3.05) is 13.2 Å². The predicted molar refractivity (Wildman–Crippen MR) is 111 cm³/mol. The molecule has 0 bridgehead atoms. The van der Waals surface area contributed by atoms with Crippen LogP contribution >= 0.6 is 0 Å². The molecule has 146 valence electrons. The summed E-state index contributed by atoms with van der Waals surface area (Å²) in [4.78, 5) is 0. The molecule has 26 heavy (non-hydrogen) atoms. The zero-order valence-corrected chi connectivity index (χ0v) is 17.0. The first-order valence-corrected chi connectivity index (χ1v) is 10.7. The van der Waals surface area contributed by atoms with E-state index in [0.717, 1.165) is 18.8 Å². The maximum Gasteiger partial charge on any atom is 0.123 e. The summed E-state index contributed by atoms with van der Waals surface area (Å²) in [5.74, 6) is 1.04. The largest absolute Gasteiger partial charge is 0.490 e. The lowest BCUT2D eigenvalue weighted by atomic mass is 10.0. The monoisotopic (exact) mass is 358 g/mol. The highest BCUT2D eigenvalue weighted by atomic mass is 16.6. The molecule has 2 heteroatoms. The van der Waals surface area contributed by atoms with Crippen LogP contribution in [0, 0.1) is 0 Å². The fourth-order valence-electron chi connectivity index (χ4n) is 3.14. The van der Waals surface area contributed by atoms with Crippen molar-refractivity contribution in [2.45, 2.75) is 90.1 Å². The standard InChI is InChI=1S/C24H38O2/c1-3-4-5-6-7-8-9-10-11-12-13-14-17-22-18-15-16-19-23(22)25-20-24(2)21-26-24/h7-8,15-16,18-19H,3-6,9-14,17,20-21H2,1-2H3/b8-7+. The van der Waals surface area contributed by atoms with Gasteiger partial charge in [-0.1, -0.05) is 69.4 Å². The van der Waals surface area contributed by atoms with Gasteiger partial charge in [-0.25, -0.2) is 0 Å². The molecule has 0 spiro atoms. The molecule has 1 aromatic rings. The molecule has 2 nitrogen and oxygen atoms in total. The van der Waals surface area contributed by atoms with Gasteiger partial charge in [0.25, 0.3) is 0 Å². The molecule has 0 saturated carbocycles. The van der Waals surface area contributed by atoms with E-state index in [1.54, 1.807) is 0 Å². The van der Waals surface area contributed by atoms with Crippen molar-refractivity contribution < 1.29 is 9.47 Å². The average Bonchev–Trinajstić information content (AvgIpc) is 3.39. The van der Waals surface area contributed by atoms with Crippen molar-refractivity contribution in [3.8, 4) is 5.75 Å². The van der Waals surface area contributed by atoms with Crippen LogP contribution in [0.3, 0.4) is 0 Å². The fourth-order valence-corrected chi connectivity index (χ4v) is 3.14. The summed E-state index contributed by atoms with van der Waals surface area (Å²) in [5.41, 5.74) is 1.30. The first-order chi connectivity index (χ1) is 12.7. The third-order valence-electron chi connectivity index (χ3n) is 5.10. The molecule has 2 rings (SSSR count). The molecule has 1 unspecified atom stereocenters. The van der Waals surface area contributed by atoms with Crippen LogP contribution in [-0.2, 0) is 11.2 Å². The minimum atomic E-state index is -0.0441. The van der Waals surface area contributed by atoms with Gasteiger partial charge < -0.3 is 9.47 Å². The highest BCUT2D eigenvalue weighted by molar-refractivity contribution is 5.33. The normalized spacial score (nSPS) is 19.2. The Morgan fingerprint density at radius 3 is 2.35 bits per heavy atom. The molecule has 1 heterocycles. The Morgan fingerprint density at radius 2 is 1.62 bits per heavy atom. The topological polar surface area (TPSA) is 21.8 Å². The third-order valence-corrected chi connectivity index (χ3v) is 5.10. The predicted octanol–water partition coefficient (Wildman–Crippen LogP) is 6.87. The Bertz CT molecular complexity index is 517. The van der Waals surface area contributed by atoms with Gasteiger partial charge in [0, 0.05) is 0 Å². The van der Waals surface area contributed by atoms with Crippen molar-refractivity contribution in [3.05, 3.63) is 42.0 Å². The molecule has 0 amide bonds. The highest BCUT2D eigenvalue weighted by Gasteiger charge is 2.40. The minimum absolute atomic E-state index is 0.0441. The number of aryl methyl sites for hydroxylation is 1. The molecule has 1 aliphatic heterocycles. The maximum atomic E-state index is 5.99. The van der Waals surface area contributed by atoms with Gasteiger partial charge in [-0.2, -0.15) is 0 Å². The van der Waals surface area contributed by atoms with Gasteiger partial charge in [0.05, 0.1) is 6.61 Å². The average molecular weight is 359 g/mol. The summed E-state index contributed by atoms with van der Waals surface area (Å²) in [5, 5.41) is 0. The third kappa shape index (κ3) is 8.89. The Morgan fingerprint density at radius 1 is 0.962 bits per heavy atom. The number of epoxide rings is 1. The van der Waals surface area contributed by atoms with Crippen LogP contribution in [0.1, 0.15) is 83.6 Å². The van der Waals surface area contributed by atoms with E-state index in [0.29, 0.717) is 6.61 Å². The summed E-state index contributed by atoms with van der Waals surface area (Å²) in [7, 11) is 0. The summed E-state index contributed by atoms with van der Waals surface area (Å²) in [6.07, 6.45) is 19.0. The van der Waals surface area contributed by atoms with Crippen molar-refractivity contribution in [1.82, 2.24) is 0 Å². The number of allylic oxidation sites excluding steroid dienone is 2. The minimum Gasteiger partial charge on any atom is -0.490 e. The van der Waals surface area contributed by atoms with Gasteiger partial charge in [-0.05, 0) is 57.1 Å². The van der Waals surface area contributed by atoms with E-state index in [-0.39, 0.29) is 5.60 Å². The molecule has 0 aliphatic carbocycles. The summed E-state index contributed by atoms with van der Waals surface area (Å²) in [6.45, 7) is 5.85. The molecule has 0 N–H and O–H groups in total. The van der Waals surface area contributed by atoms with Gasteiger partial charge in [0.1, 0.15) is 18.0 Å². The van der Waals surface area contributed by atoms with Crippen molar-refractivity contribution in [3.63, 3.8) is 0 Å². The van der Waals surface area contributed by atoms with Crippen LogP contribution in [0.2, 0.25) is 0 Å².